The summed E-state index contributed by atoms with van der Waals surface area (Å²) in [6, 6.07) is 8.64. The van der Waals surface area contributed by atoms with Crippen molar-refractivity contribution in [1.82, 2.24) is 5.32 Å². The fourth-order valence-electron chi connectivity index (χ4n) is 3.43. The molecule has 1 atom stereocenters. The number of benzene rings is 1. The summed E-state index contributed by atoms with van der Waals surface area (Å²) in [5.74, 6) is 0. The first kappa shape index (κ1) is 15.0. The second-order valence-electron chi connectivity index (χ2n) is 7.54. The molecule has 3 heteroatoms. The SMILES string of the molecule is CC1(C)CCC(O)(CNC2COCc3ccccc32)CC1. The fraction of sp³-hybridized carbons (Fsp3) is 0.667. The highest BCUT2D eigenvalue weighted by Crippen LogP contribution is 2.40. The van der Waals surface area contributed by atoms with Gasteiger partial charge in [0, 0.05) is 6.54 Å². The summed E-state index contributed by atoms with van der Waals surface area (Å²) >= 11 is 0. The molecule has 1 saturated carbocycles. The first-order valence-electron chi connectivity index (χ1n) is 8.09. The lowest BCUT2D eigenvalue weighted by molar-refractivity contribution is -0.0296. The van der Waals surface area contributed by atoms with Crippen LogP contribution in [0.2, 0.25) is 0 Å². The Morgan fingerprint density at radius 2 is 1.90 bits per heavy atom. The first-order valence-corrected chi connectivity index (χ1v) is 8.09. The van der Waals surface area contributed by atoms with E-state index in [0.29, 0.717) is 25.2 Å². The minimum Gasteiger partial charge on any atom is -0.389 e. The van der Waals surface area contributed by atoms with Crippen LogP contribution in [0.15, 0.2) is 24.3 Å². The molecular weight excluding hydrogens is 262 g/mol. The van der Waals surface area contributed by atoms with Crippen molar-refractivity contribution in [3.63, 3.8) is 0 Å². The van der Waals surface area contributed by atoms with Crippen molar-refractivity contribution in [3.05, 3.63) is 35.4 Å². The van der Waals surface area contributed by atoms with Gasteiger partial charge < -0.3 is 15.2 Å². The van der Waals surface area contributed by atoms with Crippen LogP contribution in [0.4, 0.5) is 0 Å². The minimum absolute atomic E-state index is 0.203. The van der Waals surface area contributed by atoms with E-state index in [-0.39, 0.29) is 6.04 Å². The quantitative estimate of drug-likeness (QED) is 0.898. The van der Waals surface area contributed by atoms with Crippen molar-refractivity contribution < 1.29 is 9.84 Å². The average Bonchev–Trinajstić information content (AvgIpc) is 2.49. The van der Waals surface area contributed by atoms with Crippen molar-refractivity contribution in [2.75, 3.05) is 13.2 Å². The third-order valence-corrected chi connectivity index (χ3v) is 5.18. The van der Waals surface area contributed by atoms with Gasteiger partial charge in [0.1, 0.15) is 0 Å². The molecule has 2 N–H and O–H groups in total. The van der Waals surface area contributed by atoms with Gasteiger partial charge in [-0.3, -0.25) is 0 Å². The zero-order chi connectivity index (χ0) is 14.9. The van der Waals surface area contributed by atoms with E-state index in [2.05, 4.69) is 43.4 Å². The van der Waals surface area contributed by atoms with E-state index in [9.17, 15) is 5.11 Å². The van der Waals surface area contributed by atoms with Crippen LogP contribution < -0.4 is 5.32 Å². The molecule has 21 heavy (non-hydrogen) atoms. The summed E-state index contributed by atoms with van der Waals surface area (Å²) in [5.41, 5.74) is 2.41. The molecule has 116 valence electrons. The Morgan fingerprint density at radius 1 is 1.19 bits per heavy atom. The van der Waals surface area contributed by atoms with Crippen LogP contribution in [0, 0.1) is 5.41 Å². The Bertz CT molecular complexity index is 488. The van der Waals surface area contributed by atoms with Crippen LogP contribution in [0.1, 0.15) is 56.7 Å². The van der Waals surface area contributed by atoms with E-state index in [1.54, 1.807) is 0 Å². The van der Waals surface area contributed by atoms with Crippen LogP contribution >= 0.6 is 0 Å². The van der Waals surface area contributed by atoms with Crippen molar-refractivity contribution in [2.45, 2.75) is 57.8 Å². The Hall–Kier alpha value is -0.900. The zero-order valence-electron chi connectivity index (χ0n) is 13.2. The van der Waals surface area contributed by atoms with Gasteiger partial charge in [0.05, 0.1) is 24.9 Å². The number of hydrogen-bond donors (Lipinski definition) is 2. The summed E-state index contributed by atoms with van der Waals surface area (Å²) in [7, 11) is 0. The third kappa shape index (κ3) is 3.47. The highest BCUT2D eigenvalue weighted by Gasteiger charge is 2.37. The number of hydrogen-bond acceptors (Lipinski definition) is 3. The molecule has 0 spiro atoms. The molecule has 1 unspecified atom stereocenters. The smallest absolute Gasteiger partial charge is 0.0772 e. The summed E-state index contributed by atoms with van der Waals surface area (Å²) in [6.45, 7) is 6.65. The van der Waals surface area contributed by atoms with Crippen LogP contribution in [-0.2, 0) is 11.3 Å². The van der Waals surface area contributed by atoms with Gasteiger partial charge in [-0.1, -0.05) is 38.1 Å². The van der Waals surface area contributed by atoms with E-state index >= 15 is 0 Å². The molecule has 1 aliphatic heterocycles. The molecule has 0 saturated heterocycles. The van der Waals surface area contributed by atoms with Crippen LogP contribution in [-0.4, -0.2) is 23.9 Å². The topological polar surface area (TPSA) is 41.5 Å². The van der Waals surface area contributed by atoms with Crippen LogP contribution in [0.5, 0.6) is 0 Å². The van der Waals surface area contributed by atoms with E-state index in [1.807, 2.05) is 0 Å². The molecule has 0 amide bonds. The molecule has 1 heterocycles. The van der Waals surface area contributed by atoms with E-state index in [4.69, 9.17) is 4.74 Å². The highest BCUT2D eigenvalue weighted by atomic mass is 16.5. The van der Waals surface area contributed by atoms with Crippen molar-refractivity contribution in [2.24, 2.45) is 5.41 Å². The lowest BCUT2D eigenvalue weighted by atomic mass is 9.71. The molecule has 0 bridgehead atoms. The molecule has 0 radical (unpaired) electrons. The van der Waals surface area contributed by atoms with Gasteiger partial charge in [-0.25, -0.2) is 0 Å². The summed E-state index contributed by atoms with van der Waals surface area (Å²) in [4.78, 5) is 0. The third-order valence-electron chi connectivity index (χ3n) is 5.18. The van der Waals surface area contributed by atoms with E-state index in [1.165, 1.54) is 11.1 Å². The number of fused-ring (bicyclic) bond motifs is 1. The Kier molecular flexibility index (Phi) is 4.08. The van der Waals surface area contributed by atoms with Gasteiger partial charge in [-0.2, -0.15) is 0 Å². The lowest BCUT2D eigenvalue weighted by Gasteiger charge is -2.41. The lowest BCUT2D eigenvalue weighted by Crippen LogP contribution is -2.47. The maximum atomic E-state index is 10.8. The Morgan fingerprint density at radius 3 is 2.67 bits per heavy atom. The van der Waals surface area contributed by atoms with Crippen LogP contribution in [0.3, 0.4) is 0 Å². The van der Waals surface area contributed by atoms with Crippen molar-refractivity contribution in [1.29, 1.82) is 0 Å². The second kappa shape index (κ2) is 5.71. The molecule has 0 aromatic heterocycles. The van der Waals surface area contributed by atoms with Crippen LogP contribution in [0.25, 0.3) is 0 Å². The maximum absolute atomic E-state index is 10.8. The number of nitrogens with one attached hydrogen (secondary N) is 1. The van der Waals surface area contributed by atoms with Crippen molar-refractivity contribution in [3.8, 4) is 0 Å². The zero-order valence-corrected chi connectivity index (χ0v) is 13.2. The Labute approximate surface area is 127 Å². The summed E-state index contributed by atoms with van der Waals surface area (Å²) in [5, 5.41) is 14.3. The molecule has 3 rings (SSSR count). The molecule has 1 aromatic rings. The van der Waals surface area contributed by atoms with Gasteiger partial charge in [0.25, 0.3) is 0 Å². The number of rotatable bonds is 3. The predicted molar refractivity (Wildman–Crippen MR) is 84.0 cm³/mol. The van der Waals surface area contributed by atoms with Crippen molar-refractivity contribution >= 4 is 0 Å². The normalized spacial score (nSPS) is 27.1. The van der Waals surface area contributed by atoms with Gasteiger partial charge in [-0.15, -0.1) is 0 Å². The average molecular weight is 289 g/mol. The molecule has 1 aliphatic carbocycles. The largest absolute Gasteiger partial charge is 0.389 e. The monoisotopic (exact) mass is 289 g/mol. The predicted octanol–water partition coefficient (Wildman–Crippen LogP) is 3.18. The molecular formula is C18H27NO2. The van der Waals surface area contributed by atoms with Gasteiger partial charge >= 0.3 is 0 Å². The summed E-state index contributed by atoms with van der Waals surface area (Å²) in [6.07, 6.45) is 3.98. The summed E-state index contributed by atoms with van der Waals surface area (Å²) < 4.78 is 5.67. The fourth-order valence-corrected chi connectivity index (χ4v) is 3.43. The first-order chi connectivity index (χ1) is 9.98. The second-order valence-corrected chi connectivity index (χ2v) is 7.54. The van der Waals surface area contributed by atoms with E-state index < -0.39 is 5.60 Å². The van der Waals surface area contributed by atoms with Gasteiger partial charge in [0.15, 0.2) is 0 Å². The molecule has 1 fully saturated rings. The molecule has 3 nitrogen and oxygen atoms in total. The number of ether oxygens (including phenoxy) is 1. The highest BCUT2D eigenvalue weighted by molar-refractivity contribution is 5.31. The maximum Gasteiger partial charge on any atom is 0.0772 e. The Balaban J connectivity index is 1.61. The van der Waals surface area contributed by atoms with Gasteiger partial charge in [0.2, 0.25) is 0 Å². The molecule has 2 aliphatic rings. The van der Waals surface area contributed by atoms with Gasteiger partial charge in [-0.05, 0) is 42.2 Å². The minimum atomic E-state index is -0.554. The standard InChI is InChI=1S/C18H27NO2/c1-17(2)7-9-18(20,10-8-17)13-19-16-12-21-11-14-5-3-4-6-15(14)16/h3-6,16,19-20H,7-13H2,1-2H3. The number of aliphatic hydroxyl groups is 1. The molecule has 1 aromatic carbocycles. The van der Waals surface area contributed by atoms with E-state index in [0.717, 1.165) is 25.7 Å².